The molecule has 5 nitrogen and oxygen atoms in total. The van der Waals surface area contributed by atoms with Gasteiger partial charge in [0.2, 0.25) is 0 Å². The molecule has 112 valence electrons. The molecule has 0 radical (unpaired) electrons. The predicted molar refractivity (Wildman–Crippen MR) is 84.3 cm³/mol. The van der Waals surface area contributed by atoms with Gasteiger partial charge in [0, 0.05) is 24.3 Å². The highest BCUT2D eigenvalue weighted by atomic mass is 32.2. The summed E-state index contributed by atoms with van der Waals surface area (Å²) in [5.41, 5.74) is 1.09. The summed E-state index contributed by atoms with van der Waals surface area (Å²) in [6.45, 7) is 1.02. The number of carbonyl (C=O) groups excluding carboxylic acids is 1. The van der Waals surface area contributed by atoms with Crippen molar-refractivity contribution in [1.82, 2.24) is 10.2 Å². The maximum absolute atomic E-state index is 12.1. The van der Waals surface area contributed by atoms with Gasteiger partial charge in [-0.3, -0.25) is 0 Å². The summed E-state index contributed by atoms with van der Waals surface area (Å²) >= 11 is 1.66. The van der Waals surface area contributed by atoms with Crippen LogP contribution in [-0.2, 0) is 16.4 Å². The first kappa shape index (κ1) is 14.3. The number of rotatable bonds is 2. The number of sulfone groups is 1. The van der Waals surface area contributed by atoms with Gasteiger partial charge in [-0.05, 0) is 22.4 Å². The molecule has 3 rings (SSSR count). The number of nitrogens with zero attached hydrogens (tertiary/aromatic N) is 1. The highest BCUT2D eigenvalue weighted by Crippen LogP contribution is 2.25. The number of nitrogens with one attached hydrogen (secondary N) is 1. The molecule has 0 atom stereocenters. The number of thiophene rings is 1. The maximum atomic E-state index is 12.1. The highest BCUT2D eigenvalue weighted by Gasteiger charge is 2.24. The van der Waals surface area contributed by atoms with Crippen LogP contribution < -0.4 is 5.32 Å². The van der Waals surface area contributed by atoms with Crippen molar-refractivity contribution in [1.29, 1.82) is 0 Å². The third kappa shape index (κ3) is 3.19. The summed E-state index contributed by atoms with van der Waals surface area (Å²) in [6.07, 6.45) is 0. The Balaban J connectivity index is 1.61. The van der Waals surface area contributed by atoms with Crippen molar-refractivity contribution < 1.29 is 13.2 Å². The van der Waals surface area contributed by atoms with Gasteiger partial charge in [-0.2, -0.15) is 0 Å². The van der Waals surface area contributed by atoms with E-state index in [-0.39, 0.29) is 30.6 Å². The Bertz CT molecular complexity index is 753. The van der Waals surface area contributed by atoms with Crippen LogP contribution in [0.2, 0.25) is 0 Å². The second kappa shape index (κ2) is 5.65. The molecule has 1 N–H and O–H groups in total. The molecule has 7 heteroatoms. The van der Waals surface area contributed by atoms with Crippen LogP contribution in [0.15, 0.2) is 29.6 Å². The quantitative estimate of drug-likeness (QED) is 0.916. The fourth-order valence-electron chi connectivity index (χ4n) is 2.37. The third-order valence-electron chi connectivity index (χ3n) is 3.62. The summed E-state index contributed by atoms with van der Waals surface area (Å²) in [4.78, 5) is 13.6. The van der Waals surface area contributed by atoms with E-state index in [1.165, 1.54) is 4.70 Å². The van der Waals surface area contributed by atoms with E-state index < -0.39 is 9.84 Å². The Kier molecular flexibility index (Phi) is 3.86. The average molecular weight is 324 g/mol. The van der Waals surface area contributed by atoms with Gasteiger partial charge < -0.3 is 10.2 Å². The van der Waals surface area contributed by atoms with E-state index in [9.17, 15) is 13.2 Å². The molecule has 1 aromatic carbocycles. The van der Waals surface area contributed by atoms with Crippen molar-refractivity contribution in [3.8, 4) is 0 Å². The normalized spacial score (nSPS) is 17.8. The van der Waals surface area contributed by atoms with Gasteiger partial charge >= 0.3 is 6.03 Å². The molecule has 0 unspecified atom stereocenters. The summed E-state index contributed by atoms with van der Waals surface area (Å²) in [7, 11) is -2.96. The molecule has 0 bridgehead atoms. The number of benzene rings is 1. The second-order valence-electron chi connectivity index (χ2n) is 5.05. The molecule has 0 saturated carbocycles. The zero-order valence-corrected chi connectivity index (χ0v) is 13.0. The molecule has 1 aliphatic rings. The number of urea groups is 1. The van der Waals surface area contributed by atoms with E-state index in [0.717, 1.165) is 10.9 Å². The summed E-state index contributed by atoms with van der Waals surface area (Å²) in [6, 6.07) is 7.88. The highest BCUT2D eigenvalue weighted by molar-refractivity contribution is 7.91. The fraction of sp³-hybridized carbons (Fsp3) is 0.357. The SMILES string of the molecule is O=C(NCc1csc2ccccc12)N1CCS(=O)(=O)CC1. The first-order valence-corrected chi connectivity index (χ1v) is 9.43. The molecule has 1 aromatic heterocycles. The minimum absolute atomic E-state index is 0.0573. The van der Waals surface area contributed by atoms with Crippen LogP contribution >= 0.6 is 11.3 Å². The van der Waals surface area contributed by atoms with E-state index in [1.54, 1.807) is 16.2 Å². The van der Waals surface area contributed by atoms with Crippen LogP contribution in [0, 0.1) is 0 Å². The van der Waals surface area contributed by atoms with Gasteiger partial charge in [-0.1, -0.05) is 18.2 Å². The van der Waals surface area contributed by atoms with E-state index in [2.05, 4.69) is 11.4 Å². The molecular weight excluding hydrogens is 308 g/mol. The lowest BCUT2D eigenvalue weighted by Gasteiger charge is -2.26. The third-order valence-corrected chi connectivity index (χ3v) is 6.24. The fourth-order valence-corrected chi connectivity index (χ4v) is 4.53. The van der Waals surface area contributed by atoms with Crippen molar-refractivity contribution in [3.63, 3.8) is 0 Å². The van der Waals surface area contributed by atoms with E-state index >= 15 is 0 Å². The van der Waals surface area contributed by atoms with Crippen molar-refractivity contribution in [2.24, 2.45) is 0 Å². The van der Waals surface area contributed by atoms with Gasteiger partial charge in [-0.15, -0.1) is 11.3 Å². The lowest BCUT2D eigenvalue weighted by molar-refractivity contribution is 0.202. The van der Waals surface area contributed by atoms with Crippen LogP contribution in [0.25, 0.3) is 10.1 Å². The first-order valence-electron chi connectivity index (χ1n) is 6.73. The average Bonchev–Trinajstić information content (AvgIpc) is 2.88. The predicted octanol–water partition coefficient (Wildman–Crippen LogP) is 1.84. The van der Waals surface area contributed by atoms with E-state index in [4.69, 9.17) is 0 Å². The van der Waals surface area contributed by atoms with Gasteiger partial charge in [0.05, 0.1) is 11.5 Å². The molecule has 2 amide bonds. The molecule has 2 aromatic rings. The standard InChI is InChI=1S/C14H16N2O3S2/c17-14(16-5-7-21(18,19)8-6-16)15-9-11-10-20-13-4-2-1-3-12(11)13/h1-4,10H,5-9H2,(H,15,17). The monoisotopic (exact) mass is 324 g/mol. The maximum Gasteiger partial charge on any atom is 0.317 e. The Morgan fingerprint density at radius 3 is 2.71 bits per heavy atom. The lowest BCUT2D eigenvalue weighted by atomic mass is 10.2. The van der Waals surface area contributed by atoms with E-state index in [0.29, 0.717) is 6.54 Å². The van der Waals surface area contributed by atoms with Crippen molar-refractivity contribution in [2.75, 3.05) is 24.6 Å². The number of amides is 2. The molecule has 0 aliphatic carbocycles. The molecule has 2 heterocycles. The molecule has 1 fully saturated rings. The molecular formula is C14H16N2O3S2. The largest absolute Gasteiger partial charge is 0.334 e. The lowest BCUT2D eigenvalue weighted by Crippen LogP contribution is -2.47. The number of hydrogen-bond acceptors (Lipinski definition) is 4. The first-order chi connectivity index (χ1) is 10.1. The molecule has 21 heavy (non-hydrogen) atoms. The zero-order valence-electron chi connectivity index (χ0n) is 11.4. The van der Waals surface area contributed by atoms with E-state index in [1.807, 2.05) is 23.6 Å². The van der Waals surface area contributed by atoms with Crippen LogP contribution in [-0.4, -0.2) is 43.9 Å². The van der Waals surface area contributed by atoms with Crippen molar-refractivity contribution in [2.45, 2.75) is 6.54 Å². The smallest absolute Gasteiger partial charge is 0.317 e. The number of carbonyl (C=O) groups is 1. The molecule has 0 spiro atoms. The zero-order chi connectivity index (χ0) is 14.9. The minimum Gasteiger partial charge on any atom is -0.334 e. The van der Waals surface area contributed by atoms with Crippen molar-refractivity contribution in [3.05, 3.63) is 35.2 Å². The topological polar surface area (TPSA) is 66.5 Å². The Morgan fingerprint density at radius 1 is 1.24 bits per heavy atom. The summed E-state index contributed by atoms with van der Waals surface area (Å²) in [5.74, 6) is 0.115. The molecule has 1 aliphatic heterocycles. The van der Waals surface area contributed by atoms with Crippen LogP contribution in [0.5, 0.6) is 0 Å². The van der Waals surface area contributed by atoms with Gasteiger partial charge in [-0.25, -0.2) is 13.2 Å². The molecule has 1 saturated heterocycles. The number of hydrogen-bond donors (Lipinski definition) is 1. The van der Waals surface area contributed by atoms with Crippen molar-refractivity contribution >= 4 is 37.3 Å². The summed E-state index contributed by atoms with van der Waals surface area (Å²) < 4.78 is 23.9. The summed E-state index contributed by atoms with van der Waals surface area (Å²) in [5, 5.41) is 6.08. The van der Waals surface area contributed by atoms with Crippen LogP contribution in [0.3, 0.4) is 0 Å². The Labute approximate surface area is 127 Å². The second-order valence-corrected chi connectivity index (χ2v) is 8.27. The van der Waals surface area contributed by atoms with Crippen LogP contribution in [0.1, 0.15) is 5.56 Å². The van der Waals surface area contributed by atoms with Gasteiger partial charge in [0.15, 0.2) is 9.84 Å². The van der Waals surface area contributed by atoms with Gasteiger partial charge in [0.1, 0.15) is 0 Å². The van der Waals surface area contributed by atoms with Crippen LogP contribution in [0.4, 0.5) is 4.79 Å². The number of fused-ring (bicyclic) bond motifs is 1. The Hall–Kier alpha value is -1.60. The van der Waals surface area contributed by atoms with Gasteiger partial charge in [0.25, 0.3) is 0 Å². The minimum atomic E-state index is -2.96. The Morgan fingerprint density at radius 2 is 1.95 bits per heavy atom.